The number of ether oxygens (including phenoxy) is 2. The van der Waals surface area contributed by atoms with Crippen LogP contribution in [-0.2, 0) is 14.3 Å². The van der Waals surface area contributed by atoms with Crippen LogP contribution in [0.5, 0.6) is 5.75 Å². The first-order chi connectivity index (χ1) is 13.8. The molecule has 6 nitrogen and oxygen atoms in total. The van der Waals surface area contributed by atoms with Gasteiger partial charge in [-0.3, -0.25) is 19.7 Å². The van der Waals surface area contributed by atoms with Crippen molar-refractivity contribution in [2.45, 2.75) is 49.3 Å². The lowest BCUT2D eigenvalue weighted by Gasteiger charge is -2.60. The minimum Gasteiger partial charge on any atom is -0.496 e. The molecule has 1 aromatic carbocycles. The van der Waals surface area contributed by atoms with E-state index in [9.17, 15) is 14.4 Å². The highest BCUT2D eigenvalue weighted by atomic mass is 79.9. The maximum atomic E-state index is 12.5. The van der Waals surface area contributed by atoms with Gasteiger partial charge in [-0.2, -0.15) is 0 Å². The Kier molecular flexibility index (Phi) is 5.44. The first kappa shape index (κ1) is 20.4. The third-order valence-electron chi connectivity index (χ3n) is 6.60. The van der Waals surface area contributed by atoms with Crippen molar-refractivity contribution in [3.05, 3.63) is 29.8 Å². The summed E-state index contributed by atoms with van der Waals surface area (Å²) in [5, 5.41) is 2.25. The van der Waals surface area contributed by atoms with Crippen LogP contribution in [0.4, 0.5) is 0 Å². The summed E-state index contributed by atoms with van der Waals surface area (Å²) in [5.74, 6) is 0.168. The van der Waals surface area contributed by atoms with E-state index in [1.165, 1.54) is 26.4 Å². The van der Waals surface area contributed by atoms with Crippen molar-refractivity contribution >= 4 is 33.7 Å². The molecule has 4 aliphatic carbocycles. The van der Waals surface area contributed by atoms with E-state index in [1.54, 1.807) is 24.3 Å². The Hall–Kier alpha value is -1.89. The van der Waals surface area contributed by atoms with Gasteiger partial charge in [-0.25, -0.2) is 0 Å². The van der Waals surface area contributed by atoms with Crippen LogP contribution in [-0.4, -0.2) is 35.8 Å². The molecule has 1 aromatic rings. The Labute approximate surface area is 178 Å². The molecule has 0 saturated heterocycles. The molecule has 2 amide bonds. The van der Waals surface area contributed by atoms with Gasteiger partial charge in [-0.05, 0) is 67.9 Å². The molecule has 0 aliphatic heterocycles. The normalized spacial score (nSPS) is 31.9. The second kappa shape index (κ2) is 7.74. The summed E-state index contributed by atoms with van der Waals surface area (Å²) in [6, 6.07) is 6.63. The second-order valence-electron chi connectivity index (χ2n) is 9.03. The van der Waals surface area contributed by atoms with Crippen LogP contribution in [0.1, 0.15) is 55.3 Å². The van der Waals surface area contributed by atoms with E-state index in [0.717, 1.165) is 19.3 Å². The molecule has 0 aromatic heterocycles. The van der Waals surface area contributed by atoms with Crippen molar-refractivity contribution < 1.29 is 23.9 Å². The van der Waals surface area contributed by atoms with E-state index < -0.39 is 18.4 Å². The molecular formula is C22H26BrNO5. The lowest BCUT2D eigenvalue weighted by Crippen LogP contribution is -2.53. The fraction of sp³-hybridized carbons (Fsp3) is 0.591. The molecular weight excluding hydrogens is 438 g/mol. The summed E-state index contributed by atoms with van der Waals surface area (Å²) in [6.07, 6.45) is 7.18. The van der Waals surface area contributed by atoms with Crippen LogP contribution in [0.25, 0.3) is 0 Å². The number of hydrogen-bond donors (Lipinski definition) is 1. The topological polar surface area (TPSA) is 81.7 Å². The highest BCUT2D eigenvalue weighted by Gasteiger charge is 2.57. The van der Waals surface area contributed by atoms with Crippen molar-refractivity contribution in [2.75, 3.05) is 13.7 Å². The maximum absolute atomic E-state index is 12.5. The maximum Gasteiger partial charge on any atom is 0.306 e. The van der Waals surface area contributed by atoms with E-state index in [2.05, 4.69) is 21.2 Å². The molecule has 29 heavy (non-hydrogen) atoms. The monoisotopic (exact) mass is 463 g/mol. The Morgan fingerprint density at radius 2 is 1.83 bits per heavy atom. The van der Waals surface area contributed by atoms with E-state index in [1.807, 2.05) is 0 Å². The molecule has 156 valence electrons. The van der Waals surface area contributed by atoms with Crippen LogP contribution >= 0.6 is 15.9 Å². The zero-order chi connectivity index (χ0) is 20.6. The predicted octanol–water partition coefficient (Wildman–Crippen LogP) is 3.62. The average Bonchev–Trinajstić information content (AvgIpc) is 2.64. The van der Waals surface area contributed by atoms with Gasteiger partial charge in [0.2, 0.25) is 0 Å². The summed E-state index contributed by atoms with van der Waals surface area (Å²) >= 11 is 3.94. The molecule has 4 bridgehead atoms. The number of nitrogens with one attached hydrogen (secondary N) is 1. The Balaban J connectivity index is 1.29. The number of halogens is 1. The lowest BCUT2D eigenvalue weighted by atomic mass is 9.49. The van der Waals surface area contributed by atoms with Gasteiger partial charge in [0.05, 0.1) is 19.1 Å². The van der Waals surface area contributed by atoms with Gasteiger partial charge in [-0.15, -0.1) is 0 Å². The molecule has 7 heteroatoms. The molecule has 4 aliphatic rings. The molecule has 4 saturated carbocycles. The summed E-state index contributed by atoms with van der Waals surface area (Å²) in [5.41, 5.74) is 0.250. The zero-order valence-electron chi connectivity index (χ0n) is 16.5. The predicted molar refractivity (Wildman–Crippen MR) is 110 cm³/mol. The summed E-state index contributed by atoms with van der Waals surface area (Å²) in [6.45, 7) is -0.456. The largest absolute Gasteiger partial charge is 0.496 e. The number of rotatable bonds is 6. The highest BCUT2D eigenvalue weighted by Crippen LogP contribution is 2.65. The van der Waals surface area contributed by atoms with Gasteiger partial charge >= 0.3 is 5.97 Å². The van der Waals surface area contributed by atoms with Gasteiger partial charge in [0.1, 0.15) is 5.75 Å². The van der Waals surface area contributed by atoms with Gasteiger partial charge in [0.15, 0.2) is 6.61 Å². The fourth-order valence-electron chi connectivity index (χ4n) is 6.11. The first-order valence-corrected chi connectivity index (χ1v) is 10.9. The second-order valence-corrected chi connectivity index (χ2v) is 10.7. The molecule has 4 atom stereocenters. The molecule has 0 heterocycles. The van der Waals surface area contributed by atoms with Crippen LogP contribution in [0.15, 0.2) is 24.3 Å². The van der Waals surface area contributed by atoms with Crippen molar-refractivity contribution in [2.24, 2.45) is 17.3 Å². The number of imide groups is 1. The van der Waals surface area contributed by atoms with E-state index in [-0.39, 0.29) is 21.3 Å². The van der Waals surface area contributed by atoms with Gasteiger partial charge in [-0.1, -0.05) is 28.1 Å². The Bertz CT molecular complexity index is 824. The van der Waals surface area contributed by atoms with Crippen molar-refractivity contribution in [1.82, 2.24) is 5.32 Å². The number of esters is 1. The third-order valence-corrected chi connectivity index (χ3v) is 7.53. The number of para-hydroxylation sites is 1. The number of benzene rings is 1. The quantitative estimate of drug-likeness (QED) is 0.514. The number of carbonyl (C=O) groups excluding carboxylic acids is 3. The van der Waals surface area contributed by atoms with E-state index >= 15 is 0 Å². The standard InChI is InChI=1S/C22H26BrNO5/c1-28-17-5-3-2-4-16(17)20(27)24-18(25)12-29-19(26)11-21-7-14-6-15(8-21)10-22(23,9-14)13-21/h2-5,14-15H,6-13H2,1H3,(H,24,25,27)/t14-,15+,21?,22?. The molecule has 5 rings (SSSR count). The minimum atomic E-state index is -0.642. The van der Waals surface area contributed by atoms with Crippen LogP contribution < -0.4 is 10.1 Å². The van der Waals surface area contributed by atoms with Gasteiger partial charge in [0.25, 0.3) is 11.8 Å². The average molecular weight is 464 g/mol. The number of methoxy groups -OCH3 is 1. The fourth-order valence-corrected chi connectivity index (χ4v) is 7.62. The summed E-state index contributed by atoms with van der Waals surface area (Å²) in [4.78, 5) is 36.8. The lowest BCUT2D eigenvalue weighted by molar-refractivity contribution is -0.154. The molecule has 2 unspecified atom stereocenters. The van der Waals surface area contributed by atoms with Crippen LogP contribution in [0.2, 0.25) is 0 Å². The first-order valence-electron chi connectivity index (χ1n) is 10.1. The van der Waals surface area contributed by atoms with Crippen molar-refractivity contribution in [3.8, 4) is 5.75 Å². The van der Waals surface area contributed by atoms with E-state index in [4.69, 9.17) is 9.47 Å². The van der Waals surface area contributed by atoms with Crippen molar-refractivity contribution in [1.29, 1.82) is 0 Å². The highest BCUT2D eigenvalue weighted by molar-refractivity contribution is 9.10. The minimum absolute atomic E-state index is 0.00559. The summed E-state index contributed by atoms with van der Waals surface area (Å²) in [7, 11) is 1.46. The summed E-state index contributed by atoms with van der Waals surface area (Å²) < 4.78 is 10.5. The smallest absolute Gasteiger partial charge is 0.306 e. The molecule has 0 spiro atoms. The Morgan fingerprint density at radius 3 is 2.48 bits per heavy atom. The molecule has 4 fully saturated rings. The van der Waals surface area contributed by atoms with Crippen molar-refractivity contribution in [3.63, 3.8) is 0 Å². The number of carbonyl (C=O) groups is 3. The van der Waals surface area contributed by atoms with Gasteiger partial charge in [0, 0.05) is 4.32 Å². The number of amides is 2. The third kappa shape index (κ3) is 4.34. The zero-order valence-corrected chi connectivity index (χ0v) is 18.1. The number of hydrogen-bond acceptors (Lipinski definition) is 5. The van der Waals surface area contributed by atoms with Crippen LogP contribution in [0.3, 0.4) is 0 Å². The number of alkyl halides is 1. The SMILES string of the molecule is COc1ccccc1C(=O)NC(=O)COC(=O)CC12C[C@@H]3C[C@@H](CC(Br)(C3)C1)C2. The molecule has 1 N–H and O–H groups in total. The Morgan fingerprint density at radius 1 is 1.14 bits per heavy atom. The molecule has 0 radical (unpaired) electrons. The van der Waals surface area contributed by atoms with E-state index in [0.29, 0.717) is 24.0 Å². The van der Waals surface area contributed by atoms with Gasteiger partial charge < -0.3 is 9.47 Å². The van der Waals surface area contributed by atoms with Crippen LogP contribution in [0, 0.1) is 17.3 Å².